The number of rotatable bonds is 0. The van der Waals surface area contributed by atoms with Gasteiger partial charge < -0.3 is 0 Å². The summed E-state index contributed by atoms with van der Waals surface area (Å²) in [5.74, 6) is 0.316. The number of aryl methyl sites for hydroxylation is 1. The summed E-state index contributed by atoms with van der Waals surface area (Å²) in [5, 5.41) is 1.05. The minimum absolute atomic E-state index is 0.00524. The molecule has 0 saturated heterocycles. The van der Waals surface area contributed by atoms with E-state index in [9.17, 15) is 4.79 Å². The fourth-order valence-corrected chi connectivity index (χ4v) is 3.76. The molecule has 2 heterocycles. The van der Waals surface area contributed by atoms with Gasteiger partial charge in [-0.3, -0.25) is 9.69 Å². The number of amides is 1. The van der Waals surface area contributed by atoms with Crippen LogP contribution in [0, 0.1) is 11.3 Å². The first-order chi connectivity index (χ1) is 8.62. The number of anilines is 1. The quantitative estimate of drug-likeness (QED) is 0.722. The van der Waals surface area contributed by atoms with Crippen LogP contribution in [0.3, 0.4) is 0 Å². The van der Waals surface area contributed by atoms with Crippen molar-refractivity contribution in [3.8, 4) is 0 Å². The Labute approximate surface area is 120 Å². The summed E-state index contributed by atoms with van der Waals surface area (Å²) in [6.07, 6.45) is 1.80. The molecule has 0 fully saturated rings. The minimum atomic E-state index is -0.202. The maximum absolute atomic E-state index is 13.0. The molecule has 1 unspecified atom stereocenters. The average molecular weight is 280 g/mol. The molecule has 0 spiro atoms. The van der Waals surface area contributed by atoms with Crippen LogP contribution in [0.15, 0.2) is 5.51 Å². The van der Waals surface area contributed by atoms with Crippen LogP contribution >= 0.6 is 11.3 Å². The third kappa shape index (κ3) is 2.69. The molecule has 1 aliphatic rings. The number of hydrogen-bond donors (Lipinski definition) is 0. The van der Waals surface area contributed by atoms with E-state index in [4.69, 9.17) is 0 Å². The van der Waals surface area contributed by atoms with Crippen LogP contribution in [0.5, 0.6) is 0 Å². The second-order valence-corrected chi connectivity index (χ2v) is 8.24. The molecule has 1 atom stereocenters. The topological polar surface area (TPSA) is 33.2 Å². The van der Waals surface area contributed by atoms with Crippen LogP contribution in [0.1, 0.15) is 53.7 Å². The number of aromatic nitrogens is 1. The van der Waals surface area contributed by atoms with Crippen molar-refractivity contribution >= 4 is 22.2 Å². The van der Waals surface area contributed by atoms with Gasteiger partial charge in [-0.25, -0.2) is 4.98 Å². The number of nitrogens with zero attached hydrogens (tertiary/aromatic N) is 2. The molecule has 106 valence electrons. The predicted octanol–water partition coefficient (Wildman–Crippen LogP) is 3.88. The smallest absolute Gasteiger partial charge is 0.231 e. The van der Waals surface area contributed by atoms with Crippen LogP contribution in [-0.4, -0.2) is 16.4 Å². The summed E-state index contributed by atoms with van der Waals surface area (Å²) in [6, 6.07) is 0. The molecule has 4 heteroatoms. The van der Waals surface area contributed by atoms with E-state index in [1.807, 2.05) is 10.4 Å². The summed E-state index contributed by atoms with van der Waals surface area (Å²) in [6.45, 7) is 12.8. The van der Waals surface area contributed by atoms with E-state index >= 15 is 0 Å². The van der Waals surface area contributed by atoms with Crippen molar-refractivity contribution in [2.45, 2.75) is 59.9 Å². The number of carbonyl (C=O) groups is 1. The number of carbonyl (C=O) groups excluding carboxylic acids is 1. The third-order valence-electron chi connectivity index (χ3n) is 3.73. The number of thiazole rings is 1. The lowest BCUT2D eigenvalue weighted by Crippen LogP contribution is -2.50. The zero-order valence-corrected chi connectivity index (χ0v) is 13.6. The first-order valence-corrected chi connectivity index (χ1v) is 7.77. The van der Waals surface area contributed by atoms with Gasteiger partial charge in [0, 0.05) is 11.5 Å². The molecule has 19 heavy (non-hydrogen) atoms. The number of fused-ring (bicyclic) bond motifs is 1. The normalized spacial score (nSPS) is 21.3. The van der Waals surface area contributed by atoms with Gasteiger partial charge in [0.05, 0.1) is 11.2 Å². The van der Waals surface area contributed by atoms with Crippen molar-refractivity contribution in [2.75, 3.05) is 4.90 Å². The van der Waals surface area contributed by atoms with E-state index in [-0.39, 0.29) is 22.8 Å². The van der Waals surface area contributed by atoms with Gasteiger partial charge in [-0.15, -0.1) is 11.3 Å². The predicted molar refractivity (Wildman–Crippen MR) is 80.6 cm³/mol. The lowest BCUT2D eigenvalue weighted by atomic mass is 9.77. The fraction of sp³-hybridized carbons (Fsp3) is 0.733. The molecule has 0 aliphatic carbocycles. The molecular formula is C15H24N2OS. The molecule has 1 aliphatic heterocycles. The fourth-order valence-electron chi connectivity index (χ4n) is 2.72. The SMILES string of the molecule is CC(C)(C)C1CCc2ncsc2N(C(C)(C)C)C1=O. The van der Waals surface area contributed by atoms with Gasteiger partial charge in [-0.2, -0.15) is 0 Å². The second-order valence-electron chi connectivity index (χ2n) is 7.41. The highest BCUT2D eigenvalue weighted by Gasteiger charge is 2.42. The van der Waals surface area contributed by atoms with Crippen molar-refractivity contribution in [1.29, 1.82) is 0 Å². The molecule has 0 N–H and O–H groups in total. The van der Waals surface area contributed by atoms with Crippen LogP contribution in [0.4, 0.5) is 5.00 Å². The van der Waals surface area contributed by atoms with Gasteiger partial charge in [0.1, 0.15) is 5.00 Å². The van der Waals surface area contributed by atoms with Crippen molar-refractivity contribution in [3.63, 3.8) is 0 Å². The highest BCUT2D eigenvalue weighted by Crippen LogP contribution is 2.41. The van der Waals surface area contributed by atoms with Crippen molar-refractivity contribution in [2.24, 2.45) is 11.3 Å². The molecule has 0 radical (unpaired) electrons. The van der Waals surface area contributed by atoms with E-state index in [1.165, 1.54) is 0 Å². The van der Waals surface area contributed by atoms with Gasteiger partial charge in [0.25, 0.3) is 0 Å². The molecule has 3 nitrogen and oxygen atoms in total. The van der Waals surface area contributed by atoms with Crippen LogP contribution in [-0.2, 0) is 11.2 Å². The van der Waals surface area contributed by atoms with Gasteiger partial charge in [-0.1, -0.05) is 20.8 Å². The zero-order chi connectivity index (χ0) is 14.4. The van der Waals surface area contributed by atoms with E-state index in [0.717, 1.165) is 23.5 Å². The van der Waals surface area contributed by atoms with Crippen LogP contribution < -0.4 is 4.90 Å². The Balaban J connectivity index is 2.50. The second kappa shape index (κ2) is 4.58. The Bertz CT molecular complexity index is 479. The Kier molecular flexibility index (Phi) is 3.50. The largest absolute Gasteiger partial charge is 0.297 e. The van der Waals surface area contributed by atoms with Gasteiger partial charge in [0.15, 0.2) is 0 Å². The van der Waals surface area contributed by atoms with E-state index in [0.29, 0.717) is 0 Å². The Morgan fingerprint density at radius 1 is 1.26 bits per heavy atom. The molecule has 1 aromatic heterocycles. The Hall–Kier alpha value is -0.900. The summed E-state index contributed by atoms with van der Waals surface area (Å²) in [5.41, 5.74) is 2.73. The maximum atomic E-state index is 13.0. The Morgan fingerprint density at radius 3 is 2.42 bits per heavy atom. The monoisotopic (exact) mass is 280 g/mol. The summed E-state index contributed by atoms with van der Waals surface area (Å²) < 4.78 is 0. The van der Waals surface area contributed by atoms with Crippen molar-refractivity contribution in [3.05, 3.63) is 11.2 Å². The lowest BCUT2D eigenvalue weighted by Gasteiger charge is -2.39. The van der Waals surface area contributed by atoms with Crippen molar-refractivity contribution < 1.29 is 4.79 Å². The summed E-state index contributed by atoms with van der Waals surface area (Å²) in [4.78, 5) is 19.4. The van der Waals surface area contributed by atoms with E-state index in [1.54, 1.807) is 11.3 Å². The van der Waals surface area contributed by atoms with Crippen LogP contribution in [0.25, 0.3) is 0 Å². The first-order valence-electron chi connectivity index (χ1n) is 6.89. The standard InChI is InChI=1S/C15H24N2OS/c1-14(2,3)10-7-8-11-13(19-9-16-11)17(12(10)18)15(4,5)6/h9-10H,7-8H2,1-6H3. The third-order valence-corrected chi connectivity index (χ3v) is 4.58. The van der Waals surface area contributed by atoms with E-state index in [2.05, 4.69) is 46.5 Å². The molecule has 0 saturated carbocycles. The molecule has 1 amide bonds. The summed E-state index contributed by atoms with van der Waals surface area (Å²) in [7, 11) is 0. The average Bonchev–Trinajstić information content (AvgIpc) is 2.57. The van der Waals surface area contributed by atoms with E-state index < -0.39 is 0 Å². The van der Waals surface area contributed by atoms with Crippen molar-refractivity contribution in [1.82, 2.24) is 4.98 Å². The lowest BCUT2D eigenvalue weighted by molar-refractivity contribution is -0.126. The Morgan fingerprint density at radius 2 is 1.89 bits per heavy atom. The van der Waals surface area contributed by atoms with Gasteiger partial charge >= 0.3 is 0 Å². The van der Waals surface area contributed by atoms with Gasteiger partial charge in [-0.05, 0) is 39.0 Å². The zero-order valence-electron chi connectivity index (χ0n) is 12.8. The summed E-state index contributed by atoms with van der Waals surface area (Å²) >= 11 is 1.58. The highest BCUT2D eigenvalue weighted by atomic mass is 32.1. The first kappa shape index (κ1) is 14.5. The van der Waals surface area contributed by atoms with Gasteiger partial charge in [0.2, 0.25) is 5.91 Å². The molecule has 2 rings (SSSR count). The molecule has 0 aromatic carbocycles. The highest BCUT2D eigenvalue weighted by molar-refractivity contribution is 7.14. The minimum Gasteiger partial charge on any atom is -0.297 e. The van der Waals surface area contributed by atoms with Crippen LogP contribution in [0.2, 0.25) is 0 Å². The molecule has 0 bridgehead atoms. The maximum Gasteiger partial charge on any atom is 0.231 e. The molecule has 1 aromatic rings. The number of hydrogen-bond acceptors (Lipinski definition) is 3. The molecular weight excluding hydrogens is 256 g/mol.